The van der Waals surface area contributed by atoms with Gasteiger partial charge in [-0.05, 0) is 5.57 Å². The van der Waals surface area contributed by atoms with E-state index in [9.17, 15) is 19.5 Å². The van der Waals surface area contributed by atoms with E-state index in [4.69, 9.17) is 10.9 Å². The van der Waals surface area contributed by atoms with Crippen LogP contribution < -0.4 is 11.1 Å². The Kier molecular flexibility index (Phi) is 10.9. The number of thioether (sulfide) groups is 1. The maximum absolute atomic E-state index is 12.4. The molecule has 3 rings (SSSR count). The molecule has 0 aromatic carbocycles. The fourth-order valence-electron chi connectivity index (χ4n) is 2.62. The van der Waals surface area contributed by atoms with E-state index in [1.807, 2.05) is 0 Å². The van der Waals surface area contributed by atoms with Crippen molar-refractivity contribution in [1.82, 2.24) is 15.2 Å². The van der Waals surface area contributed by atoms with Crippen molar-refractivity contribution in [3.8, 4) is 0 Å². The number of β-lactam (4-membered cyclic amide) rings is 1. The Labute approximate surface area is 177 Å². The number of allylic oxidation sites excluding steroid dienone is 1. The Morgan fingerprint density at radius 3 is 2.47 bits per heavy atom. The van der Waals surface area contributed by atoms with Gasteiger partial charge in [0.2, 0.25) is 0 Å². The van der Waals surface area contributed by atoms with E-state index in [2.05, 4.69) is 22.0 Å². The molecule has 0 spiro atoms. The van der Waals surface area contributed by atoms with Crippen molar-refractivity contribution in [2.75, 3.05) is 11.5 Å². The quantitative estimate of drug-likeness (QED) is 0.145. The molecule has 14 nitrogen and oxygen atoms in total. The second kappa shape index (κ2) is 11.2. The molecule has 13 N–H and O–H groups in total. The first-order valence-corrected chi connectivity index (χ1v) is 9.09. The number of hydrogen-bond acceptors (Lipinski definition) is 9. The summed E-state index contributed by atoms with van der Waals surface area (Å²) in [5.74, 6) is -2.27. The first-order valence-electron chi connectivity index (χ1n) is 7.16. The zero-order chi connectivity index (χ0) is 19.0. The third-order valence-electron chi connectivity index (χ3n) is 3.81. The SMILES string of the molecule is C=CC1=C(C(=O)O)N2C(=O)[C@@H](NC(=O)/C(=N/O)c3csc(N)n3)[C@H]2SC1.O.O.O.O. The number of nitrogens with zero attached hydrogens (tertiary/aromatic N) is 3. The van der Waals surface area contributed by atoms with Gasteiger partial charge in [-0.15, -0.1) is 23.1 Å². The summed E-state index contributed by atoms with van der Waals surface area (Å²) < 4.78 is 0. The van der Waals surface area contributed by atoms with Crippen molar-refractivity contribution < 1.29 is 46.6 Å². The normalized spacial score (nSPS) is 19.5. The molecule has 168 valence electrons. The van der Waals surface area contributed by atoms with Crippen LogP contribution in [0.1, 0.15) is 5.69 Å². The van der Waals surface area contributed by atoms with Gasteiger partial charge in [-0.3, -0.25) is 14.5 Å². The average Bonchev–Trinajstić information content (AvgIpc) is 3.04. The van der Waals surface area contributed by atoms with E-state index < -0.39 is 29.2 Å². The number of fused-ring (bicyclic) bond motifs is 1. The maximum atomic E-state index is 12.4. The number of oxime groups is 1. The lowest BCUT2D eigenvalue weighted by Gasteiger charge is -2.49. The number of nitrogen functional groups attached to an aromatic ring is 1. The number of carboxylic acids is 1. The van der Waals surface area contributed by atoms with Gasteiger partial charge in [0.15, 0.2) is 10.8 Å². The molecule has 0 unspecified atom stereocenters. The number of thiazole rings is 1. The van der Waals surface area contributed by atoms with Crippen LogP contribution >= 0.6 is 23.1 Å². The van der Waals surface area contributed by atoms with Gasteiger partial charge in [-0.1, -0.05) is 17.8 Å². The van der Waals surface area contributed by atoms with Crippen LogP contribution in [0, 0.1) is 0 Å². The molecule has 1 aromatic heterocycles. The number of anilines is 1. The third kappa shape index (κ3) is 4.75. The minimum atomic E-state index is -1.24. The first kappa shape index (κ1) is 29.2. The fourth-order valence-corrected chi connectivity index (χ4v) is 4.51. The largest absolute Gasteiger partial charge is 0.477 e. The van der Waals surface area contributed by atoms with Crippen LogP contribution in [-0.4, -0.2) is 82.8 Å². The van der Waals surface area contributed by atoms with Crippen molar-refractivity contribution >= 4 is 51.7 Å². The van der Waals surface area contributed by atoms with Gasteiger partial charge in [0.05, 0.1) is 0 Å². The predicted octanol–water partition coefficient (Wildman–Crippen LogP) is -3.47. The highest BCUT2D eigenvalue weighted by molar-refractivity contribution is 8.00. The van der Waals surface area contributed by atoms with Crippen LogP contribution in [0.5, 0.6) is 0 Å². The number of aromatic nitrogens is 1. The Morgan fingerprint density at radius 1 is 1.37 bits per heavy atom. The number of nitrogens with one attached hydrogen (secondary N) is 1. The van der Waals surface area contributed by atoms with Crippen LogP contribution in [0.15, 0.2) is 34.5 Å². The molecular weight excluding hydrogens is 446 g/mol. The van der Waals surface area contributed by atoms with Crippen LogP contribution in [-0.2, 0) is 14.4 Å². The molecule has 0 aliphatic carbocycles. The van der Waals surface area contributed by atoms with Gasteiger partial charge in [-0.2, -0.15) is 0 Å². The zero-order valence-corrected chi connectivity index (χ0v) is 16.7. The molecule has 30 heavy (non-hydrogen) atoms. The van der Waals surface area contributed by atoms with Gasteiger partial charge in [0.1, 0.15) is 22.8 Å². The third-order valence-corrected chi connectivity index (χ3v) is 5.79. The number of hydrogen-bond donors (Lipinski definition) is 4. The minimum Gasteiger partial charge on any atom is -0.477 e. The van der Waals surface area contributed by atoms with E-state index in [-0.39, 0.29) is 44.1 Å². The lowest BCUT2D eigenvalue weighted by molar-refractivity contribution is -0.150. The highest BCUT2D eigenvalue weighted by Gasteiger charge is 2.54. The molecule has 2 aliphatic heterocycles. The van der Waals surface area contributed by atoms with E-state index in [0.29, 0.717) is 11.3 Å². The minimum absolute atomic E-state index is 0. The van der Waals surface area contributed by atoms with Crippen LogP contribution in [0.3, 0.4) is 0 Å². The highest BCUT2D eigenvalue weighted by Crippen LogP contribution is 2.40. The summed E-state index contributed by atoms with van der Waals surface area (Å²) in [4.78, 5) is 41.2. The standard InChI is InChI=1S/C14H13N5O5S2.4H2O/c1-2-5-3-25-12-8(11(21)19(12)9(5)13(22)23)17-10(20)7(18-24)6-4-26-14(15)16-6;;;;/h2,4,8,12,24H,1,3H2,(H2,15,16)(H,17,20)(H,22,23);4*1H2/b18-7+;;;;/t8-,12-;;;;/m1..../s1. The monoisotopic (exact) mass is 467 g/mol. The van der Waals surface area contributed by atoms with Crippen LogP contribution in [0.25, 0.3) is 0 Å². The molecule has 0 saturated carbocycles. The van der Waals surface area contributed by atoms with E-state index in [1.165, 1.54) is 23.2 Å². The lowest BCUT2D eigenvalue weighted by atomic mass is 10.0. The van der Waals surface area contributed by atoms with Gasteiger partial charge < -0.3 is 43.3 Å². The number of rotatable bonds is 5. The summed E-state index contributed by atoms with van der Waals surface area (Å²) in [6, 6.07) is -0.944. The number of carbonyl (C=O) groups is 3. The van der Waals surface area contributed by atoms with Crippen molar-refractivity contribution in [3.63, 3.8) is 0 Å². The Morgan fingerprint density at radius 2 is 2.00 bits per heavy atom. The van der Waals surface area contributed by atoms with Gasteiger partial charge in [-0.25, -0.2) is 9.78 Å². The maximum Gasteiger partial charge on any atom is 0.352 e. The number of nitrogens with two attached hydrogens (primary N) is 1. The molecule has 1 saturated heterocycles. The second-order valence-electron chi connectivity index (χ2n) is 5.26. The predicted molar refractivity (Wildman–Crippen MR) is 109 cm³/mol. The smallest absolute Gasteiger partial charge is 0.352 e. The van der Waals surface area contributed by atoms with Crippen molar-refractivity contribution in [1.29, 1.82) is 0 Å². The number of aliphatic carboxylic acids is 1. The van der Waals surface area contributed by atoms with Gasteiger partial charge >= 0.3 is 5.97 Å². The summed E-state index contributed by atoms with van der Waals surface area (Å²) in [6.45, 7) is 3.56. The Hall–Kier alpha value is -3.02. The molecule has 1 fully saturated rings. The average molecular weight is 467 g/mol. The topological polar surface area (TPSA) is 284 Å². The van der Waals surface area contributed by atoms with Crippen molar-refractivity contribution in [2.24, 2.45) is 5.16 Å². The Bertz CT molecular complexity index is 885. The van der Waals surface area contributed by atoms with E-state index >= 15 is 0 Å². The molecule has 0 radical (unpaired) electrons. The Balaban J connectivity index is 0. The van der Waals surface area contributed by atoms with E-state index in [1.54, 1.807) is 0 Å². The summed E-state index contributed by atoms with van der Waals surface area (Å²) in [5.41, 5.74) is 5.49. The van der Waals surface area contributed by atoms with Crippen LogP contribution in [0.2, 0.25) is 0 Å². The lowest BCUT2D eigenvalue weighted by Crippen LogP contribution is -2.71. The zero-order valence-electron chi connectivity index (χ0n) is 15.1. The summed E-state index contributed by atoms with van der Waals surface area (Å²) >= 11 is 2.37. The van der Waals surface area contributed by atoms with Crippen LogP contribution in [0.4, 0.5) is 5.13 Å². The molecule has 1 aromatic rings. The first-order chi connectivity index (χ1) is 12.4. The number of carbonyl (C=O) groups excluding carboxylic acids is 2. The molecule has 0 bridgehead atoms. The summed E-state index contributed by atoms with van der Waals surface area (Å²) in [5, 5.41) is 24.9. The molecular formula is C14H21N5O9S2. The number of carboxylic acid groups (broad SMARTS) is 1. The van der Waals surface area contributed by atoms with Crippen molar-refractivity contribution in [2.45, 2.75) is 11.4 Å². The summed E-state index contributed by atoms with van der Waals surface area (Å²) in [7, 11) is 0. The van der Waals surface area contributed by atoms with Crippen molar-refractivity contribution in [3.05, 3.63) is 35.0 Å². The highest BCUT2D eigenvalue weighted by atomic mass is 32.2. The second-order valence-corrected chi connectivity index (χ2v) is 7.26. The molecule has 2 amide bonds. The molecule has 16 heteroatoms. The number of amides is 2. The summed E-state index contributed by atoms with van der Waals surface area (Å²) in [6.07, 6.45) is 1.40. The van der Waals surface area contributed by atoms with Gasteiger partial charge in [0, 0.05) is 11.1 Å². The van der Waals surface area contributed by atoms with E-state index in [0.717, 1.165) is 16.2 Å². The molecule has 2 aliphatic rings. The molecule has 3 heterocycles. The fraction of sp³-hybridized carbons (Fsp3) is 0.214. The molecule has 2 atom stereocenters. The van der Waals surface area contributed by atoms with Gasteiger partial charge in [0.25, 0.3) is 11.8 Å².